The fraction of sp³-hybridized carbons (Fsp3) is 0.510. The van der Waals surface area contributed by atoms with Crippen LogP contribution in [0.5, 0.6) is 0 Å². The molecule has 0 aliphatic carbocycles. The van der Waals surface area contributed by atoms with Crippen LogP contribution in [-0.2, 0) is 31.1 Å². The van der Waals surface area contributed by atoms with Gasteiger partial charge in [0.2, 0.25) is 0 Å². The molecule has 2 fully saturated rings. The smallest absolute Gasteiger partial charge is 0.0572 e. The lowest BCUT2D eigenvalue weighted by Gasteiger charge is -2.53. The third-order valence-electron chi connectivity index (χ3n) is 12.9. The molecule has 2 aliphatic rings. The molecule has 0 radical (unpaired) electrons. The first kappa shape index (κ1) is 37.6. The van der Waals surface area contributed by atoms with Gasteiger partial charge in [-0.1, -0.05) is 176 Å². The van der Waals surface area contributed by atoms with Crippen LogP contribution in [0.1, 0.15) is 109 Å². The number of rotatable bonds is 15. The maximum atomic E-state index is 6.88. The van der Waals surface area contributed by atoms with Crippen molar-refractivity contribution in [2.24, 2.45) is 23.7 Å². The van der Waals surface area contributed by atoms with Crippen molar-refractivity contribution in [2.75, 3.05) is 26.4 Å². The van der Waals surface area contributed by atoms with Crippen molar-refractivity contribution in [2.45, 2.75) is 108 Å². The van der Waals surface area contributed by atoms with E-state index in [-0.39, 0.29) is 21.7 Å². The van der Waals surface area contributed by atoms with E-state index in [0.29, 0.717) is 23.7 Å². The predicted molar refractivity (Wildman–Crippen MR) is 214 cm³/mol. The molecule has 2 nitrogen and oxygen atoms in total. The van der Waals surface area contributed by atoms with Crippen molar-refractivity contribution in [1.29, 1.82) is 0 Å². The topological polar surface area (TPSA) is 18.5 Å². The van der Waals surface area contributed by atoms with Gasteiger partial charge in [-0.3, -0.25) is 0 Å². The molecule has 6 rings (SSSR count). The highest BCUT2D eigenvalue weighted by Crippen LogP contribution is 2.57. The molecule has 2 heteroatoms. The van der Waals surface area contributed by atoms with Crippen LogP contribution < -0.4 is 0 Å². The van der Waals surface area contributed by atoms with Gasteiger partial charge in [0, 0.05) is 21.7 Å². The van der Waals surface area contributed by atoms with E-state index in [0.717, 1.165) is 58.5 Å². The van der Waals surface area contributed by atoms with Crippen LogP contribution in [0.15, 0.2) is 121 Å². The summed E-state index contributed by atoms with van der Waals surface area (Å²) < 4.78 is 13.6. The van der Waals surface area contributed by atoms with Crippen molar-refractivity contribution < 1.29 is 9.47 Å². The highest BCUT2D eigenvalue weighted by molar-refractivity contribution is 5.42. The third-order valence-corrected chi connectivity index (χ3v) is 12.9. The molecule has 0 N–H and O–H groups in total. The van der Waals surface area contributed by atoms with Crippen LogP contribution in [0.3, 0.4) is 0 Å². The molecule has 2 saturated heterocycles. The number of hydrogen-bond donors (Lipinski definition) is 0. The van der Waals surface area contributed by atoms with Gasteiger partial charge in [0.05, 0.1) is 26.4 Å². The summed E-state index contributed by atoms with van der Waals surface area (Å²) in [6.07, 6.45) is 8.02. The maximum absolute atomic E-state index is 6.88. The van der Waals surface area contributed by atoms with Gasteiger partial charge in [0.1, 0.15) is 0 Å². The zero-order chi connectivity index (χ0) is 36.0. The Kier molecular flexibility index (Phi) is 11.9. The van der Waals surface area contributed by atoms with Crippen molar-refractivity contribution in [3.63, 3.8) is 0 Å². The van der Waals surface area contributed by atoms with E-state index in [1.807, 2.05) is 0 Å². The number of ether oxygens (including phenoxy) is 2. The average Bonchev–Trinajstić information content (AvgIpc) is 3.51. The minimum absolute atomic E-state index is 0.00671. The summed E-state index contributed by atoms with van der Waals surface area (Å²) in [6, 6.07) is 45.5. The van der Waals surface area contributed by atoms with Crippen molar-refractivity contribution >= 4 is 0 Å². The zero-order valence-electron chi connectivity index (χ0n) is 32.5. The Hall–Kier alpha value is -3.20. The summed E-state index contributed by atoms with van der Waals surface area (Å²) in [4.78, 5) is 0. The summed E-state index contributed by atoms with van der Waals surface area (Å²) >= 11 is 0. The van der Waals surface area contributed by atoms with Crippen molar-refractivity contribution in [3.8, 4) is 0 Å². The van der Waals surface area contributed by atoms with E-state index in [1.165, 1.54) is 35.1 Å². The Labute approximate surface area is 310 Å². The van der Waals surface area contributed by atoms with Gasteiger partial charge in [-0.2, -0.15) is 0 Å². The van der Waals surface area contributed by atoms with Crippen LogP contribution in [0.4, 0.5) is 0 Å². The van der Waals surface area contributed by atoms with E-state index in [1.54, 1.807) is 0 Å². The van der Waals surface area contributed by atoms with Gasteiger partial charge in [-0.25, -0.2) is 0 Å². The van der Waals surface area contributed by atoms with E-state index in [4.69, 9.17) is 9.47 Å². The second-order valence-corrected chi connectivity index (χ2v) is 17.4. The molecule has 0 saturated carbocycles. The van der Waals surface area contributed by atoms with E-state index in [2.05, 4.69) is 163 Å². The molecule has 51 heavy (non-hydrogen) atoms. The average molecular weight is 685 g/mol. The molecule has 0 amide bonds. The van der Waals surface area contributed by atoms with Crippen molar-refractivity contribution in [1.82, 2.24) is 0 Å². The number of benzene rings is 4. The molecule has 6 unspecified atom stereocenters. The fourth-order valence-electron chi connectivity index (χ4n) is 11.0. The van der Waals surface area contributed by atoms with Crippen LogP contribution in [-0.4, -0.2) is 26.4 Å². The normalized spacial score (nSPS) is 27.8. The highest BCUT2D eigenvalue weighted by atomic mass is 16.5. The second-order valence-electron chi connectivity index (χ2n) is 17.4. The van der Waals surface area contributed by atoms with Crippen LogP contribution in [0.2, 0.25) is 0 Å². The van der Waals surface area contributed by atoms with Gasteiger partial charge >= 0.3 is 0 Å². The van der Waals surface area contributed by atoms with Gasteiger partial charge in [0.25, 0.3) is 0 Å². The molecular formula is C49H64O2. The standard InChI is InChI=1S/C49H64O2/c1-7-41(47(43-22-14-9-15-23-43)33-46(30-38(2)3,34-50-35-47)42-20-12-8-13-21-42)29-28-40(6)32-49(45-26-18-11-19-27-45)37-51-36-48(49,31-39(4)5)44-24-16-10-17-25-44/h8-27,38-41H,7,28-37H2,1-6H3. The summed E-state index contributed by atoms with van der Waals surface area (Å²) in [5, 5.41) is 0. The molecule has 0 aromatic heterocycles. The SMILES string of the molecule is CCC(CCC(C)CC1(c2ccccc2)COCC1(CC(C)C)c1ccccc1)C1(c2ccccc2)COCC(CC(C)C)(c2ccccc2)C1. The van der Waals surface area contributed by atoms with Crippen LogP contribution in [0, 0.1) is 23.7 Å². The third kappa shape index (κ3) is 7.51. The Balaban J connectivity index is 1.35. The molecule has 272 valence electrons. The lowest BCUT2D eigenvalue weighted by molar-refractivity contribution is -0.0541. The summed E-state index contributed by atoms with van der Waals surface area (Å²) in [5.41, 5.74) is 5.55. The van der Waals surface area contributed by atoms with Crippen molar-refractivity contribution in [3.05, 3.63) is 144 Å². The van der Waals surface area contributed by atoms with Gasteiger partial charge in [0.15, 0.2) is 0 Å². The maximum Gasteiger partial charge on any atom is 0.0572 e. The lowest BCUT2D eigenvalue weighted by Crippen LogP contribution is -2.53. The predicted octanol–water partition coefficient (Wildman–Crippen LogP) is 12.1. The number of hydrogen-bond acceptors (Lipinski definition) is 2. The monoisotopic (exact) mass is 684 g/mol. The van der Waals surface area contributed by atoms with Crippen LogP contribution >= 0.6 is 0 Å². The quantitative estimate of drug-likeness (QED) is 0.124. The van der Waals surface area contributed by atoms with Gasteiger partial charge in [-0.15, -0.1) is 0 Å². The first-order valence-corrected chi connectivity index (χ1v) is 20.1. The molecule has 4 aromatic carbocycles. The zero-order valence-corrected chi connectivity index (χ0v) is 32.5. The van der Waals surface area contributed by atoms with Gasteiger partial charge < -0.3 is 9.47 Å². The summed E-state index contributed by atoms with van der Waals surface area (Å²) in [5.74, 6) is 2.18. The Bertz CT molecular complexity index is 1620. The summed E-state index contributed by atoms with van der Waals surface area (Å²) in [6.45, 7) is 17.6. The minimum atomic E-state index is -0.0915. The largest absolute Gasteiger partial charge is 0.380 e. The van der Waals surface area contributed by atoms with Gasteiger partial charge in [-0.05, 0) is 78.0 Å². The van der Waals surface area contributed by atoms with E-state index < -0.39 is 0 Å². The lowest BCUT2D eigenvalue weighted by atomic mass is 9.53. The molecule has 0 spiro atoms. The first-order chi connectivity index (χ1) is 24.7. The fourth-order valence-corrected chi connectivity index (χ4v) is 11.0. The second kappa shape index (κ2) is 16.2. The Morgan fingerprint density at radius 3 is 1.43 bits per heavy atom. The van der Waals surface area contributed by atoms with E-state index >= 15 is 0 Å². The summed E-state index contributed by atoms with van der Waals surface area (Å²) in [7, 11) is 0. The molecule has 6 atom stereocenters. The Morgan fingerprint density at radius 1 is 0.490 bits per heavy atom. The first-order valence-electron chi connectivity index (χ1n) is 20.1. The molecule has 4 aromatic rings. The highest BCUT2D eigenvalue weighted by Gasteiger charge is 2.58. The molecular weight excluding hydrogens is 621 g/mol. The molecule has 0 bridgehead atoms. The molecule has 2 heterocycles. The molecule has 2 aliphatic heterocycles. The Morgan fingerprint density at radius 2 is 0.941 bits per heavy atom. The van der Waals surface area contributed by atoms with E-state index in [9.17, 15) is 0 Å². The minimum Gasteiger partial charge on any atom is -0.380 e. The van der Waals surface area contributed by atoms with Crippen LogP contribution in [0.25, 0.3) is 0 Å².